The largest absolute Gasteiger partial charge is 0.491 e. The standard InChI is InChI=1S/C23H32N8O4S/c1-5-8-19-27-28-22-20-21(25-15-24-20)30(23(32)31(19)22)17-14-16(9-10-18(17)35-13-6-2)36(33,34)26-11-7-12-29(3)4/h9-10,14-15,26H,5-8,11-13H2,1-4H3,(H,24,25). The first kappa shape index (κ1) is 25.8. The van der Waals surface area contributed by atoms with E-state index in [1.54, 1.807) is 6.07 Å². The van der Waals surface area contributed by atoms with E-state index in [9.17, 15) is 13.2 Å². The molecule has 0 saturated heterocycles. The third kappa shape index (κ3) is 4.99. The number of nitrogens with one attached hydrogen (secondary N) is 2. The van der Waals surface area contributed by atoms with Crippen LogP contribution < -0.4 is 15.1 Å². The number of imidazole rings is 1. The molecule has 0 aliphatic carbocycles. The van der Waals surface area contributed by atoms with Crippen LogP contribution >= 0.6 is 0 Å². The number of benzene rings is 1. The number of rotatable bonds is 12. The molecule has 0 radical (unpaired) electrons. The number of hydrogen-bond acceptors (Lipinski definition) is 8. The van der Waals surface area contributed by atoms with Gasteiger partial charge in [-0.25, -0.2) is 31.9 Å². The molecule has 13 heteroatoms. The number of aryl methyl sites for hydroxylation is 1. The maximum absolute atomic E-state index is 13.8. The Bertz CT molecular complexity index is 1520. The summed E-state index contributed by atoms with van der Waals surface area (Å²) in [5.74, 6) is 0.893. The van der Waals surface area contributed by atoms with Gasteiger partial charge in [-0.2, -0.15) is 0 Å². The van der Waals surface area contributed by atoms with Crippen molar-refractivity contribution in [1.82, 2.24) is 38.8 Å². The van der Waals surface area contributed by atoms with Crippen molar-refractivity contribution in [3.8, 4) is 11.4 Å². The van der Waals surface area contributed by atoms with Crippen molar-refractivity contribution >= 4 is 26.8 Å². The summed E-state index contributed by atoms with van der Waals surface area (Å²) in [5, 5.41) is 8.41. The lowest BCUT2D eigenvalue weighted by Gasteiger charge is -2.16. The number of aromatic nitrogens is 6. The topological polar surface area (TPSA) is 140 Å². The molecule has 0 spiro atoms. The summed E-state index contributed by atoms with van der Waals surface area (Å²) < 4.78 is 37.6. The zero-order valence-corrected chi connectivity index (χ0v) is 21.8. The van der Waals surface area contributed by atoms with Gasteiger partial charge in [0.25, 0.3) is 0 Å². The Kier molecular flexibility index (Phi) is 7.71. The number of hydrogen-bond donors (Lipinski definition) is 2. The minimum atomic E-state index is -3.83. The summed E-state index contributed by atoms with van der Waals surface area (Å²) in [5.41, 5.74) is 1.01. The minimum absolute atomic E-state index is 0.0272. The third-order valence-electron chi connectivity index (χ3n) is 5.66. The molecule has 0 aliphatic rings. The summed E-state index contributed by atoms with van der Waals surface area (Å²) in [6.45, 7) is 5.40. The molecule has 3 heterocycles. The molecule has 0 unspecified atom stereocenters. The molecule has 0 amide bonds. The predicted octanol–water partition coefficient (Wildman–Crippen LogP) is 1.73. The second-order valence-corrected chi connectivity index (χ2v) is 10.5. The van der Waals surface area contributed by atoms with Crippen molar-refractivity contribution < 1.29 is 13.2 Å². The number of nitrogens with zero attached hydrogens (tertiary/aromatic N) is 6. The van der Waals surface area contributed by atoms with Gasteiger partial charge in [-0.05, 0) is 58.1 Å². The van der Waals surface area contributed by atoms with Crippen molar-refractivity contribution in [3.05, 3.63) is 40.8 Å². The van der Waals surface area contributed by atoms with Gasteiger partial charge in [-0.1, -0.05) is 13.8 Å². The van der Waals surface area contributed by atoms with E-state index in [1.807, 2.05) is 32.8 Å². The number of aromatic amines is 1. The summed E-state index contributed by atoms with van der Waals surface area (Å²) in [7, 11) is 0.0385. The second-order valence-electron chi connectivity index (χ2n) is 8.78. The Hall–Kier alpha value is -3.29. The quantitative estimate of drug-likeness (QED) is 0.271. The molecule has 194 valence electrons. The summed E-state index contributed by atoms with van der Waals surface area (Å²) in [4.78, 5) is 23.2. The highest BCUT2D eigenvalue weighted by molar-refractivity contribution is 7.89. The third-order valence-corrected chi connectivity index (χ3v) is 7.12. The molecule has 2 N–H and O–H groups in total. The molecule has 12 nitrogen and oxygen atoms in total. The summed E-state index contributed by atoms with van der Waals surface area (Å²) >= 11 is 0. The van der Waals surface area contributed by atoms with Crippen LogP contribution in [0.15, 0.2) is 34.2 Å². The number of sulfonamides is 1. The fraction of sp³-hybridized carbons (Fsp3) is 0.478. The van der Waals surface area contributed by atoms with Gasteiger partial charge < -0.3 is 14.6 Å². The molecule has 1 aromatic carbocycles. The minimum Gasteiger partial charge on any atom is -0.491 e. The van der Waals surface area contributed by atoms with Crippen molar-refractivity contribution in [1.29, 1.82) is 0 Å². The van der Waals surface area contributed by atoms with E-state index >= 15 is 0 Å². The van der Waals surface area contributed by atoms with Gasteiger partial charge in [0.05, 0.1) is 23.5 Å². The van der Waals surface area contributed by atoms with Gasteiger partial charge in [0, 0.05) is 13.0 Å². The van der Waals surface area contributed by atoms with Crippen molar-refractivity contribution in [2.24, 2.45) is 0 Å². The van der Waals surface area contributed by atoms with Crippen LogP contribution in [0.25, 0.3) is 22.5 Å². The second kappa shape index (κ2) is 10.8. The maximum Gasteiger partial charge on any atom is 0.341 e. The van der Waals surface area contributed by atoms with Gasteiger partial charge in [-0.3, -0.25) is 0 Å². The Labute approximate surface area is 209 Å². The monoisotopic (exact) mass is 516 g/mol. The Balaban J connectivity index is 1.89. The normalized spacial score (nSPS) is 12.2. The van der Waals surface area contributed by atoms with Crippen LogP contribution in [0.4, 0.5) is 0 Å². The number of ether oxygens (including phenoxy) is 1. The summed E-state index contributed by atoms with van der Waals surface area (Å²) in [6.07, 6.45) is 4.20. The highest BCUT2D eigenvalue weighted by Gasteiger charge is 2.23. The zero-order valence-electron chi connectivity index (χ0n) is 21.0. The molecule has 4 aromatic rings. The van der Waals surface area contributed by atoms with Crippen LogP contribution in [0.1, 0.15) is 38.9 Å². The number of H-pyrrole nitrogens is 1. The molecule has 0 fully saturated rings. The maximum atomic E-state index is 13.8. The van der Waals surface area contributed by atoms with Gasteiger partial charge >= 0.3 is 5.69 Å². The fourth-order valence-electron chi connectivity index (χ4n) is 3.95. The molecule has 0 atom stereocenters. The highest BCUT2D eigenvalue weighted by atomic mass is 32.2. The molecular weight excluding hydrogens is 484 g/mol. The Morgan fingerprint density at radius 1 is 1.14 bits per heavy atom. The van der Waals surface area contributed by atoms with Crippen molar-refractivity contribution in [2.45, 2.75) is 44.4 Å². The molecule has 4 rings (SSSR count). The van der Waals surface area contributed by atoms with Crippen LogP contribution in [-0.4, -0.2) is 76.2 Å². The predicted molar refractivity (Wildman–Crippen MR) is 136 cm³/mol. The smallest absolute Gasteiger partial charge is 0.341 e. The van der Waals surface area contributed by atoms with Crippen LogP contribution in [-0.2, 0) is 16.4 Å². The van der Waals surface area contributed by atoms with Crippen LogP contribution in [0.2, 0.25) is 0 Å². The average molecular weight is 517 g/mol. The average Bonchev–Trinajstić information content (AvgIpc) is 3.49. The lowest BCUT2D eigenvalue weighted by Crippen LogP contribution is -2.29. The summed E-state index contributed by atoms with van der Waals surface area (Å²) in [6, 6.07) is 4.51. The molecule has 0 saturated carbocycles. The van der Waals surface area contributed by atoms with E-state index in [-0.39, 0.29) is 10.6 Å². The van der Waals surface area contributed by atoms with Crippen LogP contribution in [0, 0.1) is 0 Å². The first-order valence-corrected chi connectivity index (χ1v) is 13.5. The highest BCUT2D eigenvalue weighted by Crippen LogP contribution is 2.28. The molecular formula is C23H32N8O4S. The molecule has 0 bridgehead atoms. The Morgan fingerprint density at radius 3 is 2.67 bits per heavy atom. The van der Waals surface area contributed by atoms with Gasteiger partial charge in [0.1, 0.15) is 17.1 Å². The van der Waals surface area contributed by atoms with Crippen LogP contribution in [0.3, 0.4) is 0 Å². The fourth-order valence-corrected chi connectivity index (χ4v) is 5.05. The number of fused-ring (bicyclic) bond motifs is 3. The lowest BCUT2D eigenvalue weighted by molar-refractivity contribution is 0.316. The van der Waals surface area contributed by atoms with E-state index in [0.29, 0.717) is 54.4 Å². The first-order chi connectivity index (χ1) is 17.3. The van der Waals surface area contributed by atoms with Gasteiger partial charge in [-0.15, -0.1) is 10.2 Å². The molecule has 0 aliphatic heterocycles. The van der Waals surface area contributed by atoms with Gasteiger partial charge in [0.15, 0.2) is 11.3 Å². The van der Waals surface area contributed by atoms with Crippen molar-refractivity contribution in [2.75, 3.05) is 33.8 Å². The van der Waals surface area contributed by atoms with E-state index in [0.717, 1.165) is 19.4 Å². The lowest BCUT2D eigenvalue weighted by atomic mass is 10.2. The van der Waals surface area contributed by atoms with E-state index in [4.69, 9.17) is 4.74 Å². The van der Waals surface area contributed by atoms with E-state index < -0.39 is 15.7 Å². The SMILES string of the molecule is CCCOc1ccc(S(=O)(=O)NCCCN(C)C)cc1-n1c(=O)n2c(CCC)nnc2c2[nH]cnc21. The molecule has 36 heavy (non-hydrogen) atoms. The van der Waals surface area contributed by atoms with E-state index in [2.05, 4.69) is 24.9 Å². The van der Waals surface area contributed by atoms with Gasteiger partial charge in [0.2, 0.25) is 10.0 Å². The van der Waals surface area contributed by atoms with E-state index in [1.165, 1.54) is 27.4 Å². The first-order valence-electron chi connectivity index (χ1n) is 12.0. The zero-order chi connectivity index (χ0) is 25.9. The Morgan fingerprint density at radius 2 is 1.94 bits per heavy atom. The van der Waals surface area contributed by atoms with Crippen molar-refractivity contribution in [3.63, 3.8) is 0 Å². The molecule has 3 aromatic heterocycles. The van der Waals surface area contributed by atoms with Crippen LogP contribution in [0.5, 0.6) is 5.75 Å².